The van der Waals surface area contributed by atoms with Crippen LogP contribution in [0.3, 0.4) is 0 Å². The van der Waals surface area contributed by atoms with Gasteiger partial charge in [-0.05, 0) is 19.3 Å². The van der Waals surface area contributed by atoms with E-state index in [2.05, 4.69) is 15.3 Å². The molecule has 0 spiro atoms. The molecular formula is C10H12ClN3O. The van der Waals surface area contributed by atoms with Crippen molar-refractivity contribution in [1.29, 1.82) is 0 Å². The van der Waals surface area contributed by atoms with E-state index in [0.29, 0.717) is 29.2 Å². The van der Waals surface area contributed by atoms with Gasteiger partial charge in [-0.25, -0.2) is 9.97 Å². The van der Waals surface area contributed by atoms with E-state index in [4.69, 9.17) is 16.3 Å². The van der Waals surface area contributed by atoms with Crippen molar-refractivity contribution < 1.29 is 4.74 Å². The topological polar surface area (TPSA) is 47.0 Å². The van der Waals surface area contributed by atoms with Crippen LogP contribution in [0.4, 0.5) is 5.82 Å². The van der Waals surface area contributed by atoms with Crippen LogP contribution in [-0.2, 0) is 4.74 Å². The fourth-order valence-corrected chi connectivity index (χ4v) is 2.54. The van der Waals surface area contributed by atoms with Crippen molar-refractivity contribution in [1.82, 2.24) is 9.97 Å². The van der Waals surface area contributed by atoms with Crippen molar-refractivity contribution in [2.75, 3.05) is 5.32 Å². The molecule has 0 amide bonds. The predicted octanol–water partition coefficient (Wildman–Crippen LogP) is 1.86. The van der Waals surface area contributed by atoms with Gasteiger partial charge in [0.2, 0.25) is 0 Å². The Labute approximate surface area is 93.0 Å². The SMILES string of the molecule is Clc1nccnc1NC1CC2CCC1O2. The number of halogens is 1. The van der Waals surface area contributed by atoms with Crippen molar-refractivity contribution in [2.45, 2.75) is 37.5 Å². The zero-order chi connectivity index (χ0) is 10.3. The van der Waals surface area contributed by atoms with Gasteiger partial charge in [0.25, 0.3) is 0 Å². The molecule has 1 aromatic heterocycles. The average molecular weight is 226 g/mol. The minimum absolute atomic E-state index is 0.327. The molecule has 15 heavy (non-hydrogen) atoms. The summed E-state index contributed by atoms with van der Waals surface area (Å²) in [6.45, 7) is 0. The lowest BCUT2D eigenvalue weighted by Crippen LogP contribution is -2.30. The van der Waals surface area contributed by atoms with Crippen molar-refractivity contribution in [3.05, 3.63) is 17.5 Å². The molecule has 2 bridgehead atoms. The summed E-state index contributed by atoms with van der Waals surface area (Å²) in [5.41, 5.74) is 0. The average Bonchev–Trinajstić information content (AvgIpc) is 2.83. The summed E-state index contributed by atoms with van der Waals surface area (Å²) < 4.78 is 5.74. The smallest absolute Gasteiger partial charge is 0.171 e. The first kappa shape index (κ1) is 9.36. The van der Waals surface area contributed by atoms with Crippen LogP contribution in [0.5, 0.6) is 0 Å². The third kappa shape index (κ3) is 1.68. The maximum absolute atomic E-state index is 5.93. The van der Waals surface area contributed by atoms with E-state index in [9.17, 15) is 0 Å². The third-order valence-corrected chi connectivity index (χ3v) is 3.36. The van der Waals surface area contributed by atoms with Crippen LogP contribution < -0.4 is 5.32 Å². The van der Waals surface area contributed by atoms with E-state index < -0.39 is 0 Å². The van der Waals surface area contributed by atoms with Crippen molar-refractivity contribution in [2.24, 2.45) is 0 Å². The first-order valence-electron chi connectivity index (χ1n) is 5.21. The summed E-state index contributed by atoms with van der Waals surface area (Å²) in [6.07, 6.45) is 7.37. The lowest BCUT2D eigenvalue weighted by atomic mass is 9.95. The molecule has 0 aliphatic carbocycles. The van der Waals surface area contributed by atoms with E-state index in [1.807, 2.05) is 0 Å². The Morgan fingerprint density at radius 2 is 2.20 bits per heavy atom. The highest BCUT2D eigenvalue weighted by atomic mass is 35.5. The zero-order valence-electron chi connectivity index (χ0n) is 8.19. The molecule has 2 aliphatic rings. The van der Waals surface area contributed by atoms with E-state index in [-0.39, 0.29) is 0 Å². The molecule has 3 unspecified atom stereocenters. The summed E-state index contributed by atoms with van der Waals surface area (Å²) in [7, 11) is 0. The molecule has 3 rings (SSSR count). The number of rotatable bonds is 2. The van der Waals surface area contributed by atoms with Gasteiger partial charge in [-0.1, -0.05) is 11.6 Å². The van der Waals surface area contributed by atoms with Crippen LogP contribution in [0.15, 0.2) is 12.4 Å². The molecule has 3 heterocycles. The Morgan fingerprint density at radius 1 is 1.33 bits per heavy atom. The Hall–Kier alpha value is -0.870. The molecule has 4 nitrogen and oxygen atoms in total. The molecule has 1 aromatic rings. The van der Waals surface area contributed by atoms with Crippen LogP contribution in [0.25, 0.3) is 0 Å². The molecule has 2 saturated heterocycles. The van der Waals surface area contributed by atoms with E-state index in [1.54, 1.807) is 12.4 Å². The maximum atomic E-state index is 5.93. The number of fused-ring (bicyclic) bond motifs is 2. The van der Waals surface area contributed by atoms with Gasteiger partial charge in [0.05, 0.1) is 18.2 Å². The van der Waals surface area contributed by atoms with Gasteiger partial charge in [-0.15, -0.1) is 0 Å². The lowest BCUT2D eigenvalue weighted by molar-refractivity contribution is 0.102. The zero-order valence-corrected chi connectivity index (χ0v) is 8.94. The van der Waals surface area contributed by atoms with Crippen LogP contribution in [-0.4, -0.2) is 28.2 Å². The van der Waals surface area contributed by atoms with Gasteiger partial charge in [-0.2, -0.15) is 0 Å². The molecular weight excluding hydrogens is 214 g/mol. The van der Waals surface area contributed by atoms with Gasteiger partial charge in [0.15, 0.2) is 11.0 Å². The van der Waals surface area contributed by atoms with Crippen LogP contribution in [0, 0.1) is 0 Å². The fraction of sp³-hybridized carbons (Fsp3) is 0.600. The minimum atomic E-state index is 0.327. The monoisotopic (exact) mass is 225 g/mol. The molecule has 3 atom stereocenters. The Morgan fingerprint density at radius 3 is 2.87 bits per heavy atom. The highest BCUT2D eigenvalue weighted by Crippen LogP contribution is 2.36. The molecule has 2 fully saturated rings. The van der Waals surface area contributed by atoms with E-state index in [0.717, 1.165) is 12.8 Å². The summed E-state index contributed by atoms with van der Waals surface area (Å²) in [5.74, 6) is 0.667. The quantitative estimate of drug-likeness (QED) is 0.835. The molecule has 1 N–H and O–H groups in total. The number of aromatic nitrogens is 2. The summed E-state index contributed by atoms with van der Waals surface area (Å²) in [4.78, 5) is 8.15. The molecule has 0 saturated carbocycles. The summed E-state index contributed by atoms with van der Waals surface area (Å²) in [6, 6.07) is 0.345. The minimum Gasteiger partial charge on any atom is -0.373 e. The predicted molar refractivity (Wildman–Crippen MR) is 57.0 cm³/mol. The molecule has 0 radical (unpaired) electrons. The second-order valence-corrected chi connectivity index (χ2v) is 4.41. The molecule has 0 aromatic carbocycles. The molecule has 80 valence electrons. The second kappa shape index (κ2) is 3.61. The maximum Gasteiger partial charge on any atom is 0.171 e. The number of ether oxygens (including phenoxy) is 1. The first-order chi connectivity index (χ1) is 7.33. The van der Waals surface area contributed by atoms with Gasteiger partial charge in [-0.3, -0.25) is 0 Å². The number of nitrogens with one attached hydrogen (secondary N) is 1. The van der Waals surface area contributed by atoms with Crippen molar-refractivity contribution >= 4 is 17.4 Å². The number of anilines is 1. The summed E-state index contributed by atoms with van der Waals surface area (Å²) in [5, 5.41) is 3.74. The fourth-order valence-electron chi connectivity index (χ4n) is 2.38. The van der Waals surface area contributed by atoms with Crippen molar-refractivity contribution in [3.63, 3.8) is 0 Å². The second-order valence-electron chi connectivity index (χ2n) is 4.06. The molecule has 5 heteroatoms. The third-order valence-electron chi connectivity index (χ3n) is 3.08. The van der Waals surface area contributed by atoms with Crippen LogP contribution in [0.1, 0.15) is 19.3 Å². The van der Waals surface area contributed by atoms with Crippen LogP contribution in [0.2, 0.25) is 5.15 Å². The van der Waals surface area contributed by atoms with Gasteiger partial charge >= 0.3 is 0 Å². The highest BCUT2D eigenvalue weighted by Gasteiger charge is 2.40. The Bertz CT molecular complexity index is 373. The Balaban J connectivity index is 1.73. The largest absolute Gasteiger partial charge is 0.373 e. The van der Waals surface area contributed by atoms with Gasteiger partial charge in [0, 0.05) is 12.4 Å². The highest BCUT2D eigenvalue weighted by molar-refractivity contribution is 6.31. The first-order valence-corrected chi connectivity index (χ1v) is 5.59. The number of hydrogen-bond acceptors (Lipinski definition) is 4. The number of nitrogens with zero attached hydrogens (tertiary/aromatic N) is 2. The van der Waals surface area contributed by atoms with Crippen LogP contribution >= 0.6 is 11.6 Å². The normalized spacial score (nSPS) is 33.3. The lowest BCUT2D eigenvalue weighted by Gasteiger charge is -2.20. The molecule has 2 aliphatic heterocycles. The summed E-state index contributed by atoms with van der Waals surface area (Å²) >= 11 is 5.93. The Kier molecular flexibility index (Phi) is 2.25. The van der Waals surface area contributed by atoms with Gasteiger partial charge < -0.3 is 10.1 Å². The van der Waals surface area contributed by atoms with Gasteiger partial charge in [0.1, 0.15) is 0 Å². The van der Waals surface area contributed by atoms with Crippen molar-refractivity contribution in [3.8, 4) is 0 Å². The van der Waals surface area contributed by atoms with E-state index >= 15 is 0 Å². The standard InChI is InChI=1S/C10H12ClN3O/c11-9-10(13-4-3-12-9)14-7-5-6-1-2-8(7)15-6/h3-4,6-8H,1-2,5H2,(H,13,14). The number of hydrogen-bond donors (Lipinski definition) is 1. The van der Waals surface area contributed by atoms with E-state index in [1.165, 1.54) is 6.42 Å².